The van der Waals surface area contributed by atoms with Gasteiger partial charge in [-0.2, -0.15) is 0 Å². The molecule has 0 radical (unpaired) electrons. The second kappa shape index (κ2) is 4.09. The van der Waals surface area contributed by atoms with Crippen LogP contribution in [0.25, 0.3) is 0 Å². The summed E-state index contributed by atoms with van der Waals surface area (Å²) in [6, 6.07) is 0. The van der Waals surface area contributed by atoms with E-state index < -0.39 is 0 Å². The number of rotatable bonds is 3. The molecule has 1 aliphatic rings. The van der Waals surface area contributed by atoms with Crippen LogP contribution in [0.1, 0.15) is 12.8 Å². The highest BCUT2D eigenvalue weighted by atomic mass is 35.5. The molecule has 1 saturated heterocycles. The SMILES string of the molecule is ClCCCC1COCO1. The first-order valence-corrected chi connectivity index (χ1v) is 3.72. The molecule has 0 aliphatic carbocycles. The zero-order chi connectivity index (χ0) is 6.53. The molecule has 1 unspecified atom stereocenters. The van der Waals surface area contributed by atoms with Crippen molar-refractivity contribution in [3.63, 3.8) is 0 Å². The van der Waals surface area contributed by atoms with Gasteiger partial charge < -0.3 is 9.47 Å². The van der Waals surface area contributed by atoms with Crippen LogP contribution in [0.5, 0.6) is 0 Å². The van der Waals surface area contributed by atoms with E-state index >= 15 is 0 Å². The van der Waals surface area contributed by atoms with Crippen molar-refractivity contribution < 1.29 is 9.47 Å². The molecule has 54 valence electrons. The Morgan fingerprint density at radius 3 is 3.00 bits per heavy atom. The van der Waals surface area contributed by atoms with Crippen LogP contribution in [0.15, 0.2) is 0 Å². The Labute approximate surface area is 60.1 Å². The second-order valence-corrected chi connectivity index (χ2v) is 2.49. The van der Waals surface area contributed by atoms with Gasteiger partial charge in [0.05, 0.1) is 12.7 Å². The number of hydrogen-bond acceptors (Lipinski definition) is 2. The van der Waals surface area contributed by atoms with E-state index in [1.165, 1.54) is 0 Å². The van der Waals surface area contributed by atoms with Crippen LogP contribution in [0, 0.1) is 0 Å². The molecule has 0 aromatic heterocycles. The van der Waals surface area contributed by atoms with E-state index in [4.69, 9.17) is 21.1 Å². The smallest absolute Gasteiger partial charge is 0.147 e. The normalized spacial score (nSPS) is 27.0. The summed E-state index contributed by atoms with van der Waals surface area (Å²) in [5.74, 6) is 0.722. The fraction of sp³-hybridized carbons (Fsp3) is 1.00. The Kier molecular flexibility index (Phi) is 3.33. The van der Waals surface area contributed by atoms with E-state index in [0.29, 0.717) is 12.9 Å². The van der Waals surface area contributed by atoms with E-state index in [9.17, 15) is 0 Å². The Morgan fingerprint density at radius 1 is 1.56 bits per heavy atom. The van der Waals surface area contributed by atoms with Gasteiger partial charge in [0.2, 0.25) is 0 Å². The topological polar surface area (TPSA) is 18.5 Å². The average molecular weight is 151 g/mol. The van der Waals surface area contributed by atoms with E-state index in [2.05, 4.69) is 0 Å². The second-order valence-electron chi connectivity index (χ2n) is 2.11. The molecule has 0 spiro atoms. The van der Waals surface area contributed by atoms with Crippen LogP contribution >= 0.6 is 11.6 Å². The third-order valence-corrected chi connectivity index (χ3v) is 1.62. The first-order chi connectivity index (χ1) is 4.43. The van der Waals surface area contributed by atoms with Gasteiger partial charge in [0.15, 0.2) is 0 Å². The molecule has 1 atom stereocenters. The predicted molar refractivity (Wildman–Crippen MR) is 35.6 cm³/mol. The highest BCUT2D eigenvalue weighted by molar-refractivity contribution is 6.17. The molecule has 1 fully saturated rings. The van der Waals surface area contributed by atoms with E-state index in [0.717, 1.165) is 25.3 Å². The maximum absolute atomic E-state index is 5.48. The van der Waals surface area contributed by atoms with E-state index in [-0.39, 0.29) is 0 Å². The monoisotopic (exact) mass is 150 g/mol. The van der Waals surface area contributed by atoms with Crippen molar-refractivity contribution in [1.29, 1.82) is 0 Å². The zero-order valence-corrected chi connectivity index (χ0v) is 6.06. The molecule has 0 aromatic carbocycles. The Bertz CT molecular complexity index is 71.5. The summed E-state index contributed by atoms with van der Waals surface area (Å²) in [6.45, 7) is 1.21. The average Bonchev–Trinajstić information content (AvgIpc) is 2.34. The van der Waals surface area contributed by atoms with Crippen LogP contribution in [0.3, 0.4) is 0 Å². The third kappa shape index (κ3) is 2.52. The summed E-state index contributed by atoms with van der Waals surface area (Å²) in [5.41, 5.74) is 0. The molecule has 3 heteroatoms. The summed E-state index contributed by atoms with van der Waals surface area (Å²) < 4.78 is 10.2. The summed E-state index contributed by atoms with van der Waals surface area (Å²) >= 11 is 5.48. The van der Waals surface area contributed by atoms with Crippen molar-refractivity contribution in [3.8, 4) is 0 Å². The quantitative estimate of drug-likeness (QED) is 0.566. The summed E-state index contributed by atoms with van der Waals surface area (Å²) in [4.78, 5) is 0. The lowest BCUT2D eigenvalue weighted by molar-refractivity contribution is 0.0446. The van der Waals surface area contributed by atoms with Crippen LogP contribution in [0.2, 0.25) is 0 Å². The molecular formula is C6H11ClO2. The molecular weight excluding hydrogens is 140 g/mol. The van der Waals surface area contributed by atoms with Gasteiger partial charge in [0.1, 0.15) is 6.79 Å². The van der Waals surface area contributed by atoms with Gasteiger partial charge in [-0.05, 0) is 12.8 Å². The first-order valence-electron chi connectivity index (χ1n) is 3.19. The van der Waals surface area contributed by atoms with Gasteiger partial charge >= 0.3 is 0 Å². The van der Waals surface area contributed by atoms with Gasteiger partial charge in [0.25, 0.3) is 0 Å². The fourth-order valence-corrected chi connectivity index (χ4v) is 0.998. The fourth-order valence-electron chi connectivity index (χ4n) is 0.843. The molecule has 1 rings (SSSR count). The van der Waals surface area contributed by atoms with Crippen molar-refractivity contribution in [3.05, 3.63) is 0 Å². The molecule has 0 aromatic rings. The van der Waals surface area contributed by atoms with E-state index in [1.807, 2.05) is 0 Å². The minimum absolute atomic E-state index is 0.309. The molecule has 1 aliphatic heterocycles. The van der Waals surface area contributed by atoms with Gasteiger partial charge in [0, 0.05) is 5.88 Å². The van der Waals surface area contributed by atoms with Gasteiger partial charge in [-0.15, -0.1) is 11.6 Å². The maximum Gasteiger partial charge on any atom is 0.147 e. The third-order valence-electron chi connectivity index (χ3n) is 1.35. The minimum atomic E-state index is 0.309. The molecule has 9 heavy (non-hydrogen) atoms. The van der Waals surface area contributed by atoms with Crippen molar-refractivity contribution >= 4 is 11.6 Å². The van der Waals surface area contributed by atoms with Gasteiger partial charge in [-0.3, -0.25) is 0 Å². The number of alkyl halides is 1. The number of hydrogen-bond donors (Lipinski definition) is 0. The van der Waals surface area contributed by atoms with Crippen molar-refractivity contribution in [2.75, 3.05) is 19.3 Å². The molecule has 0 N–H and O–H groups in total. The highest BCUT2D eigenvalue weighted by Gasteiger charge is 2.14. The van der Waals surface area contributed by atoms with Crippen LogP contribution < -0.4 is 0 Å². The van der Waals surface area contributed by atoms with Gasteiger partial charge in [-0.1, -0.05) is 0 Å². The van der Waals surface area contributed by atoms with Crippen molar-refractivity contribution in [2.45, 2.75) is 18.9 Å². The summed E-state index contributed by atoms with van der Waals surface area (Å²) in [7, 11) is 0. The molecule has 0 amide bonds. The lowest BCUT2D eigenvalue weighted by atomic mass is 10.2. The maximum atomic E-state index is 5.48. The Balaban J connectivity index is 1.98. The number of ether oxygens (including phenoxy) is 2. The van der Waals surface area contributed by atoms with Crippen molar-refractivity contribution in [2.24, 2.45) is 0 Å². The predicted octanol–water partition coefficient (Wildman–Crippen LogP) is 1.38. The summed E-state index contributed by atoms with van der Waals surface area (Å²) in [6.07, 6.45) is 2.36. The number of halogens is 1. The first kappa shape index (κ1) is 7.32. The minimum Gasteiger partial charge on any atom is -0.353 e. The summed E-state index contributed by atoms with van der Waals surface area (Å²) in [5, 5.41) is 0. The zero-order valence-electron chi connectivity index (χ0n) is 5.31. The molecule has 2 nitrogen and oxygen atoms in total. The highest BCUT2D eigenvalue weighted by Crippen LogP contribution is 2.09. The lowest BCUT2D eigenvalue weighted by Crippen LogP contribution is -2.08. The molecule has 1 heterocycles. The van der Waals surface area contributed by atoms with E-state index in [1.54, 1.807) is 0 Å². The van der Waals surface area contributed by atoms with Crippen LogP contribution in [0.4, 0.5) is 0 Å². The Hall–Kier alpha value is 0.210. The van der Waals surface area contributed by atoms with Crippen LogP contribution in [-0.2, 0) is 9.47 Å². The standard InChI is InChI=1S/C6H11ClO2/c7-3-1-2-6-4-8-5-9-6/h6H,1-5H2. The van der Waals surface area contributed by atoms with Gasteiger partial charge in [-0.25, -0.2) is 0 Å². The largest absolute Gasteiger partial charge is 0.353 e. The lowest BCUT2D eigenvalue weighted by Gasteiger charge is -2.03. The Morgan fingerprint density at radius 2 is 2.44 bits per heavy atom. The van der Waals surface area contributed by atoms with Crippen LogP contribution in [-0.4, -0.2) is 25.4 Å². The molecule has 0 bridgehead atoms. The molecule has 0 saturated carbocycles. The van der Waals surface area contributed by atoms with Crippen molar-refractivity contribution in [1.82, 2.24) is 0 Å².